The van der Waals surface area contributed by atoms with Gasteiger partial charge in [0.05, 0.1) is 18.3 Å². The average molecular weight is 637 g/mol. The highest BCUT2D eigenvalue weighted by atomic mass is 16.3. The van der Waals surface area contributed by atoms with Crippen molar-refractivity contribution in [3.05, 3.63) is 125 Å². The van der Waals surface area contributed by atoms with Gasteiger partial charge in [0.15, 0.2) is 5.78 Å². The van der Waals surface area contributed by atoms with Gasteiger partial charge in [-0.05, 0) is 48.3 Å². The largest absolute Gasteiger partial charge is 0.391 e. The van der Waals surface area contributed by atoms with E-state index in [-0.39, 0.29) is 48.2 Å². The highest BCUT2D eigenvalue weighted by Gasteiger charge is 2.31. The first-order valence-electron chi connectivity index (χ1n) is 16.6. The first-order chi connectivity index (χ1) is 22.6. The zero-order chi connectivity index (χ0) is 33.8. The molecule has 8 nitrogen and oxygen atoms in total. The summed E-state index contributed by atoms with van der Waals surface area (Å²) in [5.74, 6) is -0.550. The second-order valence-corrected chi connectivity index (χ2v) is 13.0. The van der Waals surface area contributed by atoms with Gasteiger partial charge in [0, 0.05) is 18.3 Å². The van der Waals surface area contributed by atoms with Crippen LogP contribution < -0.4 is 10.6 Å². The molecule has 0 radical (unpaired) electrons. The minimum atomic E-state index is -0.955. The molecular weight excluding hydrogens is 588 g/mol. The third-order valence-electron chi connectivity index (χ3n) is 8.46. The summed E-state index contributed by atoms with van der Waals surface area (Å²) in [6.45, 7) is 7.49. The number of hydrogen-bond acceptors (Lipinski definition) is 5. The molecule has 0 saturated carbocycles. The number of aryl methyl sites for hydroxylation is 1. The number of H-pyrrole nitrogens is 1. The molecule has 0 saturated heterocycles. The fourth-order valence-electron chi connectivity index (χ4n) is 5.73. The Bertz CT molecular complexity index is 1550. The van der Waals surface area contributed by atoms with E-state index in [2.05, 4.69) is 20.6 Å². The molecule has 1 heterocycles. The van der Waals surface area contributed by atoms with Crippen molar-refractivity contribution in [2.45, 2.75) is 83.9 Å². The predicted molar refractivity (Wildman–Crippen MR) is 185 cm³/mol. The van der Waals surface area contributed by atoms with Crippen LogP contribution in [-0.4, -0.2) is 50.9 Å². The topological polar surface area (TPSA) is 124 Å². The maximum atomic E-state index is 13.8. The number of imidazole rings is 1. The average Bonchev–Trinajstić information content (AvgIpc) is 3.57. The predicted octanol–water partition coefficient (Wildman–Crippen LogP) is 5.83. The molecule has 8 heteroatoms. The molecule has 4 aromatic rings. The van der Waals surface area contributed by atoms with Gasteiger partial charge in [0.25, 0.3) is 0 Å². The summed E-state index contributed by atoms with van der Waals surface area (Å²) in [7, 11) is 0. The number of nitrogens with zero attached hydrogens (tertiary/aromatic N) is 1. The lowest BCUT2D eigenvalue weighted by atomic mass is 9.88. The number of hydrogen-bond donors (Lipinski definition) is 4. The minimum absolute atomic E-state index is 0.0254. The van der Waals surface area contributed by atoms with Gasteiger partial charge in [-0.3, -0.25) is 14.4 Å². The van der Waals surface area contributed by atoms with Crippen molar-refractivity contribution in [3.63, 3.8) is 0 Å². The summed E-state index contributed by atoms with van der Waals surface area (Å²) in [6.07, 6.45) is 2.72. The van der Waals surface area contributed by atoms with E-state index in [1.807, 2.05) is 119 Å². The van der Waals surface area contributed by atoms with E-state index in [0.29, 0.717) is 30.8 Å². The van der Waals surface area contributed by atoms with E-state index >= 15 is 0 Å². The number of rotatable bonds is 17. The Morgan fingerprint density at radius 2 is 1.32 bits per heavy atom. The molecule has 4 N–H and O–H groups in total. The van der Waals surface area contributed by atoms with E-state index in [9.17, 15) is 19.5 Å². The number of aromatic amines is 1. The SMILES string of the molecule is CC(C)C(=O)c1cnc([C@H](Cc2ccccc2)C[C@H](O)[C@H](Cc2ccccc2)NC(=O)[C@@H](NC(=O)CCc2ccccc2)C(C)C)[nH]1. The number of aromatic nitrogens is 2. The lowest BCUT2D eigenvalue weighted by Crippen LogP contribution is -2.55. The second-order valence-electron chi connectivity index (χ2n) is 13.0. The summed E-state index contributed by atoms with van der Waals surface area (Å²) in [6, 6.07) is 28.0. The number of ketones is 1. The fourth-order valence-corrected chi connectivity index (χ4v) is 5.73. The molecule has 1 aromatic heterocycles. The Morgan fingerprint density at radius 3 is 1.87 bits per heavy atom. The second kappa shape index (κ2) is 17.4. The molecule has 4 rings (SSSR count). The van der Waals surface area contributed by atoms with Gasteiger partial charge in [-0.2, -0.15) is 0 Å². The van der Waals surface area contributed by atoms with E-state index < -0.39 is 18.2 Å². The first-order valence-corrected chi connectivity index (χ1v) is 16.6. The molecular formula is C39H48N4O4. The molecule has 0 bridgehead atoms. The Morgan fingerprint density at radius 1 is 0.766 bits per heavy atom. The molecule has 4 atom stereocenters. The molecule has 0 aliphatic heterocycles. The van der Waals surface area contributed by atoms with Crippen LogP contribution in [0.3, 0.4) is 0 Å². The van der Waals surface area contributed by atoms with Crippen molar-refractivity contribution in [2.24, 2.45) is 11.8 Å². The van der Waals surface area contributed by atoms with Crippen LogP contribution in [0, 0.1) is 11.8 Å². The number of carbonyl (C=O) groups is 3. The fraction of sp³-hybridized carbons (Fsp3) is 0.385. The highest BCUT2D eigenvalue weighted by Crippen LogP contribution is 2.26. The smallest absolute Gasteiger partial charge is 0.243 e. The van der Waals surface area contributed by atoms with Gasteiger partial charge in [-0.25, -0.2) is 4.98 Å². The van der Waals surface area contributed by atoms with E-state index in [1.165, 1.54) is 0 Å². The normalized spacial score (nSPS) is 13.9. The summed E-state index contributed by atoms with van der Waals surface area (Å²) >= 11 is 0. The van der Waals surface area contributed by atoms with Crippen molar-refractivity contribution in [1.82, 2.24) is 20.6 Å². The van der Waals surface area contributed by atoms with Crippen LogP contribution in [0.1, 0.15) is 79.5 Å². The van der Waals surface area contributed by atoms with Crippen LogP contribution in [0.2, 0.25) is 0 Å². The summed E-state index contributed by atoms with van der Waals surface area (Å²) in [5.41, 5.74) is 3.54. The maximum absolute atomic E-state index is 13.8. The van der Waals surface area contributed by atoms with E-state index in [1.54, 1.807) is 6.20 Å². The van der Waals surface area contributed by atoms with E-state index in [4.69, 9.17) is 0 Å². The highest BCUT2D eigenvalue weighted by molar-refractivity contribution is 5.95. The third kappa shape index (κ3) is 10.7. The first kappa shape index (κ1) is 35.3. The van der Waals surface area contributed by atoms with Gasteiger partial charge < -0.3 is 20.7 Å². The van der Waals surface area contributed by atoms with E-state index in [0.717, 1.165) is 16.7 Å². The number of amides is 2. The minimum Gasteiger partial charge on any atom is -0.391 e. The van der Waals surface area contributed by atoms with Gasteiger partial charge >= 0.3 is 0 Å². The van der Waals surface area contributed by atoms with Gasteiger partial charge in [-0.15, -0.1) is 0 Å². The number of nitrogens with one attached hydrogen (secondary N) is 3. The quantitative estimate of drug-likeness (QED) is 0.109. The third-order valence-corrected chi connectivity index (χ3v) is 8.46. The van der Waals surface area contributed by atoms with Crippen LogP contribution in [0.4, 0.5) is 0 Å². The number of carbonyl (C=O) groups excluding carboxylic acids is 3. The Hall–Kier alpha value is -4.56. The van der Waals surface area contributed by atoms with Crippen molar-refractivity contribution in [2.75, 3.05) is 0 Å². The molecule has 0 spiro atoms. The molecule has 0 unspecified atom stereocenters. The maximum Gasteiger partial charge on any atom is 0.243 e. The van der Waals surface area contributed by atoms with Gasteiger partial charge in [0.2, 0.25) is 11.8 Å². The molecule has 0 fully saturated rings. The zero-order valence-electron chi connectivity index (χ0n) is 27.9. The van der Waals surface area contributed by atoms with Crippen LogP contribution in [0.15, 0.2) is 97.2 Å². The van der Waals surface area contributed by atoms with Crippen LogP contribution in [-0.2, 0) is 28.9 Å². The van der Waals surface area contributed by atoms with Crippen molar-refractivity contribution in [1.29, 1.82) is 0 Å². The number of aliphatic hydroxyl groups excluding tert-OH is 1. The van der Waals surface area contributed by atoms with Crippen molar-refractivity contribution >= 4 is 17.6 Å². The summed E-state index contributed by atoms with van der Waals surface area (Å²) in [5, 5.41) is 17.9. The molecule has 0 aliphatic carbocycles. The van der Waals surface area contributed by atoms with Crippen molar-refractivity contribution in [3.8, 4) is 0 Å². The lowest BCUT2D eigenvalue weighted by Gasteiger charge is -2.30. The summed E-state index contributed by atoms with van der Waals surface area (Å²) < 4.78 is 0. The number of Topliss-reactive ketones (excluding diaryl/α,β-unsaturated/α-hetero) is 1. The monoisotopic (exact) mass is 636 g/mol. The summed E-state index contributed by atoms with van der Waals surface area (Å²) in [4.78, 5) is 47.2. The Balaban J connectivity index is 1.53. The van der Waals surface area contributed by atoms with Gasteiger partial charge in [-0.1, -0.05) is 119 Å². The van der Waals surface area contributed by atoms with Crippen LogP contribution in [0.25, 0.3) is 0 Å². The molecule has 47 heavy (non-hydrogen) atoms. The molecule has 0 aliphatic rings. The van der Waals surface area contributed by atoms with Gasteiger partial charge in [0.1, 0.15) is 17.6 Å². The molecule has 2 amide bonds. The Labute approximate surface area is 278 Å². The van der Waals surface area contributed by atoms with Crippen LogP contribution in [0.5, 0.6) is 0 Å². The van der Waals surface area contributed by atoms with Crippen LogP contribution >= 0.6 is 0 Å². The number of aliphatic hydroxyl groups is 1. The van der Waals surface area contributed by atoms with Crippen molar-refractivity contribution < 1.29 is 19.5 Å². The Kier molecular flexibility index (Phi) is 13.1. The lowest BCUT2D eigenvalue weighted by molar-refractivity contribution is -0.131. The molecule has 3 aromatic carbocycles. The molecule has 248 valence electrons. The standard InChI is InChI=1S/C39H48N4O4/c1-26(2)36(43-35(45)21-20-28-14-8-5-9-15-28)39(47)42-32(23-30-18-12-7-13-19-30)34(44)24-31(22-29-16-10-6-11-17-29)38-40-25-33(41-38)37(46)27(3)4/h5-19,25-27,31-32,34,36,44H,20-24H2,1-4H3,(H,40,41)(H,42,47)(H,43,45)/t31-,32+,34+,36+/m1/s1. The zero-order valence-corrected chi connectivity index (χ0v) is 27.9. The number of benzene rings is 3.